The molecule has 0 aliphatic rings. The van der Waals surface area contributed by atoms with Crippen LogP contribution in [0.1, 0.15) is 11.1 Å². The molecular formula is C23H18BrClFNO2S. The van der Waals surface area contributed by atoms with E-state index in [1.807, 2.05) is 30.3 Å². The SMILES string of the molecule is COc1cc(Br)c(Cl)cc1Nc1cc(F)c(SCc2ccccc2)cc1/C=C/C=O. The first-order chi connectivity index (χ1) is 14.5. The van der Waals surface area contributed by atoms with Gasteiger partial charge in [-0.05, 0) is 63.5 Å². The molecule has 0 aromatic heterocycles. The summed E-state index contributed by atoms with van der Waals surface area (Å²) in [6.07, 6.45) is 3.69. The third-order valence-electron chi connectivity index (χ3n) is 4.21. The summed E-state index contributed by atoms with van der Waals surface area (Å²) in [5.41, 5.74) is 2.84. The molecule has 30 heavy (non-hydrogen) atoms. The number of aldehydes is 1. The number of rotatable bonds is 8. The molecule has 0 fully saturated rings. The van der Waals surface area contributed by atoms with E-state index < -0.39 is 0 Å². The van der Waals surface area contributed by atoms with Crippen LogP contribution < -0.4 is 10.1 Å². The highest BCUT2D eigenvalue weighted by Crippen LogP contribution is 2.38. The van der Waals surface area contributed by atoms with Crippen molar-refractivity contribution in [3.8, 4) is 5.75 Å². The van der Waals surface area contributed by atoms with Gasteiger partial charge in [0.1, 0.15) is 17.9 Å². The maximum atomic E-state index is 14.9. The average Bonchev–Trinajstić information content (AvgIpc) is 2.75. The monoisotopic (exact) mass is 505 g/mol. The lowest BCUT2D eigenvalue weighted by Gasteiger charge is -2.16. The topological polar surface area (TPSA) is 38.3 Å². The maximum absolute atomic E-state index is 14.9. The van der Waals surface area contributed by atoms with E-state index in [4.69, 9.17) is 16.3 Å². The Bertz CT molecular complexity index is 1080. The highest BCUT2D eigenvalue weighted by atomic mass is 79.9. The molecule has 0 bridgehead atoms. The molecule has 154 valence electrons. The molecule has 0 spiro atoms. The third-order valence-corrected chi connectivity index (χ3v) is 6.51. The fourth-order valence-corrected chi connectivity index (χ4v) is 4.15. The minimum atomic E-state index is -0.358. The van der Waals surface area contributed by atoms with Gasteiger partial charge < -0.3 is 10.1 Å². The summed E-state index contributed by atoms with van der Waals surface area (Å²) in [5.74, 6) is 0.820. The van der Waals surface area contributed by atoms with E-state index in [1.54, 1.807) is 24.3 Å². The molecule has 0 aliphatic heterocycles. The van der Waals surface area contributed by atoms with Gasteiger partial charge in [0.05, 0.1) is 17.8 Å². The number of nitrogens with one attached hydrogen (secondary N) is 1. The van der Waals surface area contributed by atoms with Crippen LogP contribution in [-0.2, 0) is 10.5 Å². The van der Waals surface area contributed by atoms with Crippen molar-refractivity contribution < 1.29 is 13.9 Å². The lowest BCUT2D eigenvalue weighted by Crippen LogP contribution is -1.99. The Hall–Kier alpha value is -2.28. The predicted molar refractivity (Wildman–Crippen MR) is 126 cm³/mol. The Morgan fingerprint density at radius 3 is 2.63 bits per heavy atom. The molecule has 0 unspecified atom stereocenters. The van der Waals surface area contributed by atoms with Gasteiger partial charge >= 0.3 is 0 Å². The molecule has 0 amide bonds. The molecule has 0 atom stereocenters. The Kier molecular flexibility index (Phi) is 7.96. The van der Waals surface area contributed by atoms with Gasteiger partial charge in [-0.25, -0.2) is 4.39 Å². The minimum Gasteiger partial charge on any atom is -0.495 e. The van der Waals surface area contributed by atoms with Crippen molar-refractivity contribution in [3.05, 3.63) is 87.1 Å². The molecule has 3 aromatic rings. The molecule has 0 aliphatic carbocycles. The summed E-state index contributed by atoms with van der Waals surface area (Å²) in [6.45, 7) is 0. The van der Waals surface area contributed by atoms with Crippen LogP contribution in [0.15, 0.2) is 70.0 Å². The number of hydrogen-bond donors (Lipinski definition) is 1. The first kappa shape index (κ1) is 22.4. The third kappa shape index (κ3) is 5.65. The smallest absolute Gasteiger partial charge is 0.143 e. The fourth-order valence-electron chi connectivity index (χ4n) is 2.74. The van der Waals surface area contributed by atoms with Gasteiger partial charge in [0, 0.05) is 20.8 Å². The molecule has 1 N–H and O–H groups in total. The zero-order valence-corrected chi connectivity index (χ0v) is 19.2. The number of anilines is 2. The van der Waals surface area contributed by atoms with E-state index in [0.717, 1.165) is 5.56 Å². The van der Waals surface area contributed by atoms with Gasteiger partial charge in [0.25, 0.3) is 0 Å². The Morgan fingerprint density at radius 2 is 1.93 bits per heavy atom. The highest BCUT2D eigenvalue weighted by molar-refractivity contribution is 9.10. The molecule has 3 rings (SSSR count). The molecule has 3 aromatic carbocycles. The summed E-state index contributed by atoms with van der Waals surface area (Å²) in [7, 11) is 1.54. The number of halogens is 3. The highest BCUT2D eigenvalue weighted by Gasteiger charge is 2.13. The zero-order valence-electron chi connectivity index (χ0n) is 16.0. The number of benzene rings is 3. The fraction of sp³-hybridized carbons (Fsp3) is 0.0870. The minimum absolute atomic E-state index is 0.358. The maximum Gasteiger partial charge on any atom is 0.143 e. The summed E-state index contributed by atoms with van der Waals surface area (Å²) >= 11 is 11.0. The van der Waals surface area contributed by atoms with E-state index in [2.05, 4.69) is 21.2 Å². The average molecular weight is 507 g/mol. The zero-order chi connectivity index (χ0) is 21.5. The Balaban J connectivity index is 1.94. The van der Waals surface area contributed by atoms with E-state index >= 15 is 0 Å². The molecule has 0 radical (unpaired) electrons. The second-order valence-corrected chi connectivity index (χ2v) is 8.51. The lowest BCUT2D eigenvalue weighted by molar-refractivity contribution is -0.104. The van der Waals surface area contributed by atoms with E-state index in [-0.39, 0.29) is 5.82 Å². The summed E-state index contributed by atoms with van der Waals surface area (Å²) in [5, 5.41) is 3.65. The molecule has 7 heteroatoms. The van der Waals surface area contributed by atoms with Crippen LogP contribution in [0, 0.1) is 5.82 Å². The van der Waals surface area contributed by atoms with Gasteiger partial charge in [-0.3, -0.25) is 4.79 Å². The number of thioether (sulfide) groups is 1. The second-order valence-electron chi connectivity index (χ2n) is 6.23. The van der Waals surface area contributed by atoms with Crippen LogP contribution in [0.5, 0.6) is 5.75 Å². The van der Waals surface area contributed by atoms with Crippen molar-refractivity contribution in [1.82, 2.24) is 0 Å². The van der Waals surface area contributed by atoms with Crippen LogP contribution in [0.2, 0.25) is 5.02 Å². The first-order valence-electron chi connectivity index (χ1n) is 8.94. The summed E-state index contributed by atoms with van der Waals surface area (Å²) in [4.78, 5) is 11.4. The van der Waals surface area contributed by atoms with Crippen LogP contribution in [0.25, 0.3) is 6.08 Å². The molecule has 0 heterocycles. The normalized spacial score (nSPS) is 10.9. The molecular weight excluding hydrogens is 489 g/mol. The quantitative estimate of drug-likeness (QED) is 0.195. The van der Waals surface area contributed by atoms with Crippen molar-refractivity contribution in [2.75, 3.05) is 12.4 Å². The number of hydrogen-bond acceptors (Lipinski definition) is 4. The van der Waals surface area contributed by atoms with Gasteiger partial charge in [0.2, 0.25) is 0 Å². The number of ether oxygens (including phenoxy) is 1. The van der Waals surface area contributed by atoms with Crippen LogP contribution in [-0.4, -0.2) is 13.4 Å². The second kappa shape index (κ2) is 10.7. The largest absolute Gasteiger partial charge is 0.495 e. The molecule has 0 saturated carbocycles. The van der Waals surface area contributed by atoms with Crippen LogP contribution in [0.3, 0.4) is 0 Å². The van der Waals surface area contributed by atoms with Crippen LogP contribution in [0.4, 0.5) is 15.8 Å². The number of methoxy groups -OCH3 is 1. The van der Waals surface area contributed by atoms with Crippen molar-refractivity contribution >= 4 is 63.0 Å². The van der Waals surface area contributed by atoms with Gasteiger partial charge in [-0.2, -0.15) is 0 Å². The standard InChI is InChI=1S/C23H18BrClFNO2S/c1-29-22-11-17(24)18(25)12-21(22)27-20-13-19(26)23(10-16(20)8-5-9-28)30-14-15-6-3-2-4-7-15/h2-13,27H,14H2,1H3/b8-5+. The summed E-state index contributed by atoms with van der Waals surface area (Å²) in [6, 6.07) is 16.4. The molecule has 3 nitrogen and oxygen atoms in total. The van der Waals surface area contributed by atoms with Gasteiger partial charge in [-0.15, -0.1) is 11.8 Å². The van der Waals surface area contributed by atoms with Crippen LogP contribution >= 0.6 is 39.3 Å². The van der Waals surface area contributed by atoms with E-state index in [1.165, 1.54) is 31.0 Å². The molecule has 0 saturated heterocycles. The predicted octanol–water partition coefficient (Wildman–Crippen LogP) is 7.50. The first-order valence-corrected chi connectivity index (χ1v) is 11.1. The number of carbonyl (C=O) groups is 1. The van der Waals surface area contributed by atoms with Gasteiger partial charge in [-0.1, -0.05) is 41.9 Å². The van der Waals surface area contributed by atoms with E-state index in [9.17, 15) is 9.18 Å². The Labute approximate surface area is 192 Å². The van der Waals surface area contributed by atoms with E-state index in [0.29, 0.717) is 49.1 Å². The van der Waals surface area contributed by atoms with Crippen molar-refractivity contribution in [3.63, 3.8) is 0 Å². The van der Waals surface area contributed by atoms with Gasteiger partial charge in [0.15, 0.2) is 0 Å². The summed E-state index contributed by atoms with van der Waals surface area (Å²) < 4.78 is 20.9. The van der Waals surface area contributed by atoms with Crippen molar-refractivity contribution in [1.29, 1.82) is 0 Å². The Morgan fingerprint density at radius 1 is 1.17 bits per heavy atom. The number of carbonyl (C=O) groups excluding carboxylic acids is 1. The van der Waals surface area contributed by atoms with Crippen molar-refractivity contribution in [2.24, 2.45) is 0 Å². The van der Waals surface area contributed by atoms with Crippen molar-refractivity contribution in [2.45, 2.75) is 10.6 Å². The lowest BCUT2D eigenvalue weighted by atomic mass is 10.1. The number of allylic oxidation sites excluding steroid dienone is 1.